The topological polar surface area (TPSA) is 39.7 Å². The molecule has 3 unspecified atom stereocenters. The zero-order chi connectivity index (χ0) is 10.4. The van der Waals surface area contributed by atoms with Gasteiger partial charge in [-0.15, -0.1) is 0 Å². The van der Waals surface area contributed by atoms with Gasteiger partial charge in [0, 0.05) is 33.4 Å². The van der Waals surface area contributed by atoms with Crippen molar-refractivity contribution in [3.05, 3.63) is 0 Å². The number of hydrogen-bond acceptors (Lipinski definition) is 4. The summed E-state index contributed by atoms with van der Waals surface area (Å²) in [5.41, 5.74) is 0. The first kappa shape index (κ1) is 11.9. The number of hydrogen-bond donors (Lipinski definition) is 1. The Morgan fingerprint density at radius 3 is 2.79 bits per heavy atom. The Morgan fingerprint density at radius 1 is 1.50 bits per heavy atom. The van der Waals surface area contributed by atoms with Crippen LogP contribution in [0.25, 0.3) is 0 Å². The van der Waals surface area contributed by atoms with E-state index in [1.165, 1.54) is 0 Å². The highest BCUT2D eigenvalue weighted by molar-refractivity contribution is 4.80. The molecular weight excluding hydrogens is 182 g/mol. The molecule has 0 aromatic rings. The Hall–Kier alpha value is -0.160. The maximum atomic E-state index is 5.46. The smallest absolute Gasteiger partial charge is 0.0928 e. The molecule has 0 aliphatic carbocycles. The molecule has 1 rings (SSSR count). The van der Waals surface area contributed by atoms with Gasteiger partial charge in [0.15, 0.2) is 0 Å². The van der Waals surface area contributed by atoms with E-state index >= 15 is 0 Å². The number of methoxy groups -OCH3 is 2. The van der Waals surface area contributed by atoms with Crippen molar-refractivity contribution < 1.29 is 14.2 Å². The Bertz CT molecular complexity index is 154. The van der Waals surface area contributed by atoms with Crippen LogP contribution >= 0.6 is 0 Å². The van der Waals surface area contributed by atoms with E-state index in [-0.39, 0.29) is 6.10 Å². The summed E-state index contributed by atoms with van der Waals surface area (Å²) in [6.45, 7) is 4.41. The standard InChI is InChI=1S/C10H21NO3/c1-8-10(4-5-14-8)11-6-9(13-3)7-12-2/h8-11H,4-7H2,1-3H3. The maximum Gasteiger partial charge on any atom is 0.0928 e. The second kappa shape index (κ2) is 6.35. The van der Waals surface area contributed by atoms with Gasteiger partial charge in [-0.25, -0.2) is 0 Å². The summed E-state index contributed by atoms with van der Waals surface area (Å²) in [4.78, 5) is 0. The minimum Gasteiger partial charge on any atom is -0.382 e. The summed E-state index contributed by atoms with van der Waals surface area (Å²) < 4.78 is 15.8. The van der Waals surface area contributed by atoms with Crippen molar-refractivity contribution in [2.75, 3.05) is 34.0 Å². The van der Waals surface area contributed by atoms with Gasteiger partial charge in [0.05, 0.1) is 18.8 Å². The second-order valence-corrected chi connectivity index (χ2v) is 3.69. The molecule has 0 bridgehead atoms. The van der Waals surface area contributed by atoms with Crippen molar-refractivity contribution in [1.29, 1.82) is 0 Å². The van der Waals surface area contributed by atoms with E-state index in [2.05, 4.69) is 12.2 Å². The van der Waals surface area contributed by atoms with E-state index in [0.29, 0.717) is 18.8 Å². The van der Waals surface area contributed by atoms with Crippen LogP contribution in [-0.2, 0) is 14.2 Å². The van der Waals surface area contributed by atoms with Gasteiger partial charge in [-0.2, -0.15) is 0 Å². The average molecular weight is 203 g/mol. The SMILES string of the molecule is COCC(CNC1CCOC1C)OC. The van der Waals surface area contributed by atoms with Crippen molar-refractivity contribution in [3.63, 3.8) is 0 Å². The van der Waals surface area contributed by atoms with Crippen LogP contribution in [0.2, 0.25) is 0 Å². The quantitative estimate of drug-likeness (QED) is 0.679. The monoisotopic (exact) mass is 203 g/mol. The van der Waals surface area contributed by atoms with Gasteiger partial charge >= 0.3 is 0 Å². The van der Waals surface area contributed by atoms with Crippen LogP contribution in [0.5, 0.6) is 0 Å². The highest BCUT2D eigenvalue weighted by Gasteiger charge is 2.24. The molecule has 1 saturated heterocycles. The first-order valence-electron chi connectivity index (χ1n) is 5.14. The molecule has 0 spiro atoms. The largest absolute Gasteiger partial charge is 0.382 e. The zero-order valence-electron chi connectivity index (χ0n) is 9.29. The fourth-order valence-electron chi connectivity index (χ4n) is 1.68. The van der Waals surface area contributed by atoms with Crippen molar-refractivity contribution in [2.24, 2.45) is 0 Å². The van der Waals surface area contributed by atoms with E-state index in [4.69, 9.17) is 14.2 Å². The van der Waals surface area contributed by atoms with Crippen molar-refractivity contribution in [3.8, 4) is 0 Å². The highest BCUT2D eigenvalue weighted by Crippen LogP contribution is 2.12. The van der Waals surface area contributed by atoms with Crippen LogP contribution < -0.4 is 5.32 Å². The van der Waals surface area contributed by atoms with Crippen LogP contribution in [0.1, 0.15) is 13.3 Å². The van der Waals surface area contributed by atoms with Crippen molar-refractivity contribution >= 4 is 0 Å². The third-order valence-corrected chi connectivity index (χ3v) is 2.67. The molecule has 1 N–H and O–H groups in total. The van der Waals surface area contributed by atoms with Gasteiger partial charge in [0.1, 0.15) is 0 Å². The van der Waals surface area contributed by atoms with Gasteiger partial charge in [-0.1, -0.05) is 0 Å². The average Bonchev–Trinajstić information content (AvgIpc) is 2.59. The highest BCUT2D eigenvalue weighted by atomic mass is 16.5. The Labute approximate surface area is 85.9 Å². The summed E-state index contributed by atoms with van der Waals surface area (Å²) in [7, 11) is 3.40. The molecule has 3 atom stereocenters. The van der Waals surface area contributed by atoms with E-state index in [0.717, 1.165) is 19.6 Å². The van der Waals surface area contributed by atoms with Crippen LogP contribution in [-0.4, -0.2) is 52.2 Å². The molecule has 1 fully saturated rings. The van der Waals surface area contributed by atoms with Gasteiger partial charge < -0.3 is 19.5 Å². The molecule has 14 heavy (non-hydrogen) atoms. The van der Waals surface area contributed by atoms with Gasteiger partial charge in [-0.3, -0.25) is 0 Å². The van der Waals surface area contributed by atoms with Crippen LogP contribution in [0.4, 0.5) is 0 Å². The Kier molecular flexibility index (Phi) is 5.40. The Balaban J connectivity index is 2.17. The molecule has 4 nitrogen and oxygen atoms in total. The van der Waals surface area contributed by atoms with Gasteiger partial charge in [0.25, 0.3) is 0 Å². The summed E-state index contributed by atoms with van der Waals surface area (Å²) >= 11 is 0. The molecule has 1 aliphatic heterocycles. The van der Waals surface area contributed by atoms with Crippen molar-refractivity contribution in [1.82, 2.24) is 5.32 Å². The summed E-state index contributed by atoms with van der Waals surface area (Å²) in [6.07, 6.45) is 1.53. The fraction of sp³-hybridized carbons (Fsp3) is 1.00. The van der Waals surface area contributed by atoms with Crippen molar-refractivity contribution in [2.45, 2.75) is 31.6 Å². The fourth-order valence-corrected chi connectivity index (χ4v) is 1.68. The molecule has 0 aromatic heterocycles. The number of ether oxygens (including phenoxy) is 3. The normalized spacial score (nSPS) is 29.4. The lowest BCUT2D eigenvalue weighted by molar-refractivity contribution is 0.0252. The Morgan fingerprint density at radius 2 is 2.29 bits per heavy atom. The van der Waals surface area contributed by atoms with E-state index in [1.54, 1.807) is 14.2 Å². The molecule has 0 aromatic carbocycles. The molecule has 1 heterocycles. The van der Waals surface area contributed by atoms with E-state index in [1.807, 2.05) is 0 Å². The molecular formula is C10H21NO3. The minimum absolute atomic E-state index is 0.132. The first-order chi connectivity index (χ1) is 6.77. The van der Waals surface area contributed by atoms with Gasteiger partial charge in [0.2, 0.25) is 0 Å². The summed E-state index contributed by atoms with van der Waals surface area (Å²) in [6, 6.07) is 0.463. The lowest BCUT2D eigenvalue weighted by Gasteiger charge is -2.20. The van der Waals surface area contributed by atoms with E-state index in [9.17, 15) is 0 Å². The second-order valence-electron chi connectivity index (χ2n) is 3.69. The summed E-state index contributed by atoms with van der Waals surface area (Å²) in [5, 5.41) is 3.44. The number of rotatable bonds is 6. The summed E-state index contributed by atoms with van der Waals surface area (Å²) in [5.74, 6) is 0. The maximum absolute atomic E-state index is 5.46. The minimum atomic E-state index is 0.132. The third kappa shape index (κ3) is 3.53. The first-order valence-corrected chi connectivity index (χ1v) is 5.14. The van der Waals surface area contributed by atoms with E-state index < -0.39 is 0 Å². The lowest BCUT2D eigenvalue weighted by Crippen LogP contribution is -2.41. The lowest BCUT2D eigenvalue weighted by atomic mass is 10.1. The predicted octanol–water partition coefficient (Wildman–Crippen LogP) is 0.415. The molecule has 84 valence electrons. The third-order valence-electron chi connectivity index (χ3n) is 2.67. The molecule has 0 radical (unpaired) electrons. The molecule has 0 saturated carbocycles. The van der Waals surface area contributed by atoms with Gasteiger partial charge in [-0.05, 0) is 13.3 Å². The van der Waals surface area contributed by atoms with Crippen LogP contribution in [0.15, 0.2) is 0 Å². The zero-order valence-corrected chi connectivity index (χ0v) is 9.29. The van der Waals surface area contributed by atoms with Crippen LogP contribution in [0.3, 0.4) is 0 Å². The molecule has 0 amide bonds. The number of nitrogens with one attached hydrogen (secondary N) is 1. The molecule has 1 aliphatic rings. The molecule has 4 heteroatoms. The van der Waals surface area contributed by atoms with Crippen LogP contribution in [0, 0.1) is 0 Å². The predicted molar refractivity (Wildman–Crippen MR) is 54.5 cm³/mol.